The van der Waals surface area contributed by atoms with Gasteiger partial charge < -0.3 is 19.7 Å². The first-order chi connectivity index (χ1) is 15.5. The topological polar surface area (TPSA) is 76.0 Å². The Kier molecular flexibility index (Phi) is 5.15. The van der Waals surface area contributed by atoms with E-state index >= 15 is 0 Å². The molecule has 33 heavy (non-hydrogen) atoms. The summed E-state index contributed by atoms with van der Waals surface area (Å²) in [4.78, 5) is 13.1. The highest BCUT2D eigenvalue weighted by atomic mass is 35.5. The Morgan fingerprint density at radius 1 is 1.00 bits per heavy atom. The summed E-state index contributed by atoms with van der Waals surface area (Å²) in [5.41, 5.74) is 0.697. The number of carbonyl (C=O) groups excluding carboxylic acids is 1. The first kappa shape index (κ1) is 22.7. The second-order valence-electron chi connectivity index (χ2n) is 8.68. The largest absolute Gasteiger partial charge is 0.506 e. The Hall–Kier alpha value is -2.05. The van der Waals surface area contributed by atoms with Gasteiger partial charge in [0.2, 0.25) is 0 Å². The van der Waals surface area contributed by atoms with Crippen LogP contribution < -0.4 is 4.74 Å². The second kappa shape index (κ2) is 7.47. The number of carbonyl (C=O) groups is 1. The van der Waals surface area contributed by atoms with Gasteiger partial charge in [0.25, 0.3) is 0 Å². The number of phenolic OH excluding ortho intramolecular Hbond substituents is 1. The van der Waals surface area contributed by atoms with Crippen LogP contribution in [0.25, 0.3) is 0 Å². The van der Waals surface area contributed by atoms with Gasteiger partial charge in [-0.25, -0.2) is 4.79 Å². The molecule has 2 aliphatic heterocycles. The number of allylic oxidation sites excluding steroid dienone is 1. The summed E-state index contributed by atoms with van der Waals surface area (Å²) in [6.07, 6.45) is 0.926. The molecular weight excluding hydrogens is 510 g/mol. The van der Waals surface area contributed by atoms with E-state index < -0.39 is 23.6 Å². The molecular formula is C24H18Cl4O5. The van der Waals surface area contributed by atoms with Crippen LogP contribution in [-0.2, 0) is 10.3 Å². The maximum absolute atomic E-state index is 13.1. The number of hydrogen-bond acceptors (Lipinski definition) is 5. The van der Waals surface area contributed by atoms with Gasteiger partial charge in [-0.3, -0.25) is 0 Å². The minimum Gasteiger partial charge on any atom is -0.506 e. The van der Waals surface area contributed by atoms with Crippen LogP contribution in [-0.4, -0.2) is 22.3 Å². The molecule has 0 fully saturated rings. The van der Waals surface area contributed by atoms with Crippen LogP contribution in [0.15, 0.2) is 40.6 Å². The van der Waals surface area contributed by atoms with Crippen molar-refractivity contribution in [1.82, 2.24) is 0 Å². The molecule has 0 aromatic heterocycles. The van der Waals surface area contributed by atoms with Crippen LogP contribution in [0.2, 0.25) is 15.1 Å². The zero-order valence-corrected chi connectivity index (χ0v) is 20.7. The molecule has 3 atom stereocenters. The third kappa shape index (κ3) is 2.96. The monoisotopic (exact) mass is 526 g/mol. The first-order valence-corrected chi connectivity index (χ1v) is 11.7. The lowest BCUT2D eigenvalue weighted by Gasteiger charge is -2.47. The SMILES string of the molecule is Cc1c(O)c(Cl)cc2c1OC1C(Cl)=C(O)C(C(C)C)=CC1C21OC(=O)c2cc(Cl)c(Cl)cc21. The third-order valence-corrected chi connectivity index (χ3v) is 7.95. The van der Waals surface area contributed by atoms with Crippen molar-refractivity contribution >= 4 is 52.4 Å². The molecule has 3 unspecified atom stereocenters. The molecule has 1 aliphatic carbocycles. The van der Waals surface area contributed by atoms with Gasteiger partial charge in [-0.15, -0.1) is 0 Å². The zero-order chi connectivity index (χ0) is 24.0. The molecule has 3 aliphatic rings. The van der Waals surface area contributed by atoms with Crippen molar-refractivity contribution < 1.29 is 24.5 Å². The fourth-order valence-electron chi connectivity index (χ4n) is 4.92. The molecule has 5 nitrogen and oxygen atoms in total. The van der Waals surface area contributed by atoms with Crippen LogP contribution in [0.3, 0.4) is 0 Å². The predicted octanol–water partition coefficient (Wildman–Crippen LogP) is 7.06. The van der Waals surface area contributed by atoms with E-state index in [2.05, 4.69) is 0 Å². The van der Waals surface area contributed by atoms with Gasteiger partial charge in [0, 0.05) is 16.7 Å². The van der Waals surface area contributed by atoms with E-state index in [1.54, 1.807) is 13.0 Å². The standard InChI is InChI=1S/C24H18Cl4O5/c1-8(2)10-4-13-22(18(28)20(10)30)32-21-9(3)19(29)17(27)7-14(21)24(13)12-6-16(26)15(25)5-11(12)23(31)33-24/h4-8,13,22,29-30H,1-3H3. The smallest absolute Gasteiger partial charge is 0.339 e. The van der Waals surface area contributed by atoms with E-state index in [1.165, 1.54) is 12.1 Å². The van der Waals surface area contributed by atoms with Gasteiger partial charge >= 0.3 is 5.97 Å². The predicted molar refractivity (Wildman–Crippen MR) is 127 cm³/mol. The molecule has 0 bridgehead atoms. The van der Waals surface area contributed by atoms with Crippen molar-refractivity contribution in [3.63, 3.8) is 0 Å². The van der Waals surface area contributed by atoms with Gasteiger partial charge in [0.1, 0.15) is 28.4 Å². The lowest BCUT2D eigenvalue weighted by Crippen LogP contribution is -2.50. The Bertz CT molecular complexity index is 1310. The molecule has 0 radical (unpaired) electrons. The first-order valence-electron chi connectivity index (χ1n) is 10.2. The number of fused-ring (bicyclic) bond motifs is 6. The number of aromatic hydroxyl groups is 1. The summed E-state index contributed by atoms with van der Waals surface area (Å²) in [6.45, 7) is 5.47. The average molecular weight is 528 g/mol. The minimum absolute atomic E-state index is 0.0746. The molecule has 1 spiro atoms. The highest BCUT2D eigenvalue weighted by molar-refractivity contribution is 6.42. The molecule has 2 heterocycles. The fraction of sp³-hybridized carbons (Fsp3) is 0.292. The lowest BCUT2D eigenvalue weighted by atomic mass is 9.68. The summed E-state index contributed by atoms with van der Waals surface area (Å²) >= 11 is 25.6. The zero-order valence-electron chi connectivity index (χ0n) is 17.7. The summed E-state index contributed by atoms with van der Waals surface area (Å²) in [7, 11) is 0. The van der Waals surface area contributed by atoms with Crippen LogP contribution in [0.5, 0.6) is 11.5 Å². The molecule has 2 aromatic carbocycles. The normalized spacial score (nSPS) is 25.5. The van der Waals surface area contributed by atoms with Crippen LogP contribution in [0.1, 0.15) is 40.9 Å². The molecule has 2 aromatic rings. The molecule has 2 N–H and O–H groups in total. The Morgan fingerprint density at radius 2 is 1.64 bits per heavy atom. The maximum Gasteiger partial charge on any atom is 0.339 e. The van der Waals surface area contributed by atoms with Crippen LogP contribution in [0, 0.1) is 18.8 Å². The number of halogens is 4. The number of phenols is 1. The highest BCUT2D eigenvalue weighted by Crippen LogP contribution is 2.60. The Labute approximate surface area is 210 Å². The molecule has 5 rings (SSSR count). The van der Waals surface area contributed by atoms with E-state index in [0.717, 1.165) is 0 Å². The number of aliphatic hydroxyl groups excluding tert-OH is 1. The van der Waals surface area contributed by atoms with Gasteiger partial charge in [-0.05, 0) is 36.6 Å². The fourth-order valence-corrected chi connectivity index (χ4v) is 5.79. The third-order valence-electron chi connectivity index (χ3n) is 6.54. The number of rotatable bonds is 1. The number of aliphatic hydroxyl groups is 1. The Morgan fingerprint density at radius 3 is 2.30 bits per heavy atom. The number of hydrogen-bond donors (Lipinski definition) is 2. The summed E-state index contributed by atoms with van der Waals surface area (Å²) in [5.74, 6) is -1.31. The van der Waals surface area contributed by atoms with E-state index in [4.69, 9.17) is 55.9 Å². The van der Waals surface area contributed by atoms with Crippen molar-refractivity contribution in [3.05, 3.63) is 78.0 Å². The summed E-state index contributed by atoms with van der Waals surface area (Å²) < 4.78 is 12.4. The molecule has 9 heteroatoms. The number of esters is 1. The van der Waals surface area contributed by atoms with Gasteiger partial charge in [0.05, 0.1) is 26.5 Å². The van der Waals surface area contributed by atoms with Crippen LogP contribution >= 0.6 is 46.4 Å². The van der Waals surface area contributed by atoms with Gasteiger partial charge in [-0.2, -0.15) is 0 Å². The molecule has 0 saturated carbocycles. The quantitative estimate of drug-likeness (QED) is 0.388. The average Bonchev–Trinajstić information content (AvgIpc) is 3.02. The second-order valence-corrected chi connectivity index (χ2v) is 10.3. The summed E-state index contributed by atoms with van der Waals surface area (Å²) in [6, 6.07) is 4.59. The maximum atomic E-state index is 13.1. The van der Waals surface area contributed by atoms with Crippen molar-refractivity contribution in [3.8, 4) is 11.5 Å². The number of ether oxygens (including phenoxy) is 2. The van der Waals surface area contributed by atoms with Crippen molar-refractivity contribution in [1.29, 1.82) is 0 Å². The lowest BCUT2D eigenvalue weighted by molar-refractivity contribution is -0.0442. The van der Waals surface area contributed by atoms with Gasteiger partial charge in [-0.1, -0.05) is 66.3 Å². The van der Waals surface area contributed by atoms with Crippen molar-refractivity contribution in [2.75, 3.05) is 0 Å². The Balaban J connectivity index is 1.92. The summed E-state index contributed by atoms with van der Waals surface area (Å²) in [5, 5.41) is 21.9. The van der Waals surface area contributed by atoms with E-state index in [0.29, 0.717) is 22.3 Å². The minimum atomic E-state index is -1.43. The van der Waals surface area contributed by atoms with E-state index in [1.807, 2.05) is 19.9 Å². The van der Waals surface area contributed by atoms with Crippen molar-refractivity contribution in [2.24, 2.45) is 11.8 Å². The van der Waals surface area contributed by atoms with Gasteiger partial charge in [0.15, 0.2) is 5.60 Å². The van der Waals surface area contributed by atoms with E-state index in [-0.39, 0.29) is 48.8 Å². The molecule has 0 amide bonds. The van der Waals surface area contributed by atoms with Crippen molar-refractivity contribution in [2.45, 2.75) is 32.5 Å². The van der Waals surface area contributed by atoms with E-state index in [9.17, 15) is 15.0 Å². The molecule has 172 valence electrons. The highest BCUT2D eigenvalue weighted by Gasteiger charge is 2.61. The number of benzene rings is 2. The molecule has 0 saturated heterocycles. The van der Waals surface area contributed by atoms with Crippen LogP contribution in [0.4, 0.5) is 0 Å².